The van der Waals surface area contributed by atoms with E-state index in [9.17, 15) is 8.42 Å². The van der Waals surface area contributed by atoms with Crippen LogP contribution in [0.1, 0.15) is 0 Å². The zero-order valence-corrected chi connectivity index (χ0v) is 11.7. The smallest absolute Gasteiger partial charge is 0.173 e. The molecular weight excluding hydrogens is 276 g/mol. The minimum Gasteiger partial charge on any atom is -0.497 e. The molecule has 3 rings (SSSR count). The van der Waals surface area contributed by atoms with Crippen LogP contribution >= 0.6 is 0 Å². The van der Waals surface area contributed by atoms with E-state index in [1.807, 2.05) is 24.3 Å². The minimum absolute atomic E-state index is 0.0645. The highest BCUT2D eigenvalue weighted by Crippen LogP contribution is 2.26. The first-order chi connectivity index (χ1) is 9.57. The first-order valence-electron chi connectivity index (χ1n) is 6.18. The number of benzene rings is 1. The number of pyridine rings is 1. The molecule has 0 spiro atoms. The summed E-state index contributed by atoms with van der Waals surface area (Å²) in [4.78, 5) is 4.30. The van der Waals surface area contributed by atoms with Crippen molar-refractivity contribution in [2.75, 3.05) is 18.2 Å². The Balaban J connectivity index is 1.97. The van der Waals surface area contributed by atoms with Crippen LogP contribution in [0, 0.1) is 0 Å². The van der Waals surface area contributed by atoms with E-state index < -0.39 is 9.84 Å². The largest absolute Gasteiger partial charge is 0.497 e. The summed E-state index contributed by atoms with van der Waals surface area (Å²) in [6, 6.07) is 7.37. The van der Waals surface area contributed by atoms with Crippen LogP contribution in [0.2, 0.25) is 0 Å². The summed E-state index contributed by atoms with van der Waals surface area (Å²) in [6.07, 6.45) is 3.35. The first kappa shape index (κ1) is 12.9. The molecule has 0 aliphatic carbocycles. The molecule has 1 unspecified atom stereocenters. The number of hydrogen-bond donors (Lipinski definition) is 1. The first-order valence-corrected chi connectivity index (χ1v) is 7.89. The molecule has 0 bridgehead atoms. The lowest BCUT2D eigenvalue weighted by Gasteiger charge is -2.13. The van der Waals surface area contributed by atoms with Gasteiger partial charge in [0.1, 0.15) is 11.6 Å². The Morgan fingerprint density at radius 3 is 2.90 bits per heavy atom. The van der Waals surface area contributed by atoms with Crippen molar-refractivity contribution in [3.05, 3.63) is 41.9 Å². The lowest BCUT2D eigenvalue weighted by Crippen LogP contribution is -2.21. The SMILES string of the molecule is COc1ccc2ccnc(NC3C=CS(=O)(=O)C3)c2c1. The second-order valence-electron chi connectivity index (χ2n) is 4.66. The quantitative estimate of drug-likeness (QED) is 0.936. The normalized spacial score (nSPS) is 20.1. The van der Waals surface area contributed by atoms with E-state index in [1.165, 1.54) is 5.41 Å². The van der Waals surface area contributed by atoms with Crippen molar-refractivity contribution in [3.63, 3.8) is 0 Å². The molecule has 104 valence electrons. The van der Waals surface area contributed by atoms with Gasteiger partial charge in [-0.05, 0) is 29.7 Å². The molecule has 1 aromatic heterocycles. The van der Waals surface area contributed by atoms with Crippen LogP contribution in [0.5, 0.6) is 5.75 Å². The van der Waals surface area contributed by atoms with Gasteiger partial charge in [0.25, 0.3) is 0 Å². The number of anilines is 1. The summed E-state index contributed by atoms with van der Waals surface area (Å²) in [6.45, 7) is 0. The van der Waals surface area contributed by atoms with Crippen LogP contribution in [0.4, 0.5) is 5.82 Å². The van der Waals surface area contributed by atoms with Crippen LogP contribution in [-0.4, -0.2) is 32.3 Å². The van der Waals surface area contributed by atoms with Gasteiger partial charge in [-0.2, -0.15) is 0 Å². The maximum absolute atomic E-state index is 11.4. The van der Waals surface area contributed by atoms with Crippen molar-refractivity contribution in [1.82, 2.24) is 4.98 Å². The van der Waals surface area contributed by atoms with E-state index >= 15 is 0 Å². The van der Waals surface area contributed by atoms with Crippen molar-refractivity contribution in [3.8, 4) is 5.75 Å². The molecule has 0 saturated heterocycles. The monoisotopic (exact) mass is 290 g/mol. The van der Waals surface area contributed by atoms with Gasteiger partial charge in [-0.1, -0.05) is 6.07 Å². The number of hydrogen-bond acceptors (Lipinski definition) is 5. The Labute approximate surface area is 117 Å². The molecule has 1 aliphatic rings. The molecular formula is C14H14N2O3S. The van der Waals surface area contributed by atoms with Gasteiger partial charge in [-0.15, -0.1) is 0 Å². The average molecular weight is 290 g/mol. The summed E-state index contributed by atoms with van der Waals surface area (Å²) in [5.74, 6) is 1.46. The van der Waals surface area contributed by atoms with Crippen molar-refractivity contribution < 1.29 is 13.2 Å². The lowest BCUT2D eigenvalue weighted by atomic mass is 10.1. The Morgan fingerprint density at radius 1 is 1.35 bits per heavy atom. The van der Waals surface area contributed by atoms with Crippen molar-refractivity contribution >= 4 is 26.4 Å². The third-order valence-corrected chi connectivity index (χ3v) is 4.62. The molecule has 5 nitrogen and oxygen atoms in total. The van der Waals surface area contributed by atoms with Gasteiger partial charge in [-0.25, -0.2) is 13.4 Å². The molecule has 1 aliphatic heterocycles. The van der Waals surface area contributed by atoms with Crippen LogP contribution < -0.4 is 10.1 Å². The molecule has 20 heavy (non-hydrogen) atoms. The van der Waals surface area contributed by atoms with Gasteiger partial charge in [0.2, 0.25) is 0 Å². The van der Waals surface area contributed by atoms with Crippen molar-refractivity contribution in [2.24, 2.45) is 0 Å². The van der Waals surface area contributed by atoms with Crippen molar-refractivity contribution in [1.29, 1.82) is 0 Å². The molecule has 0 radical (unpaired) electrons. The molecule has 1 atom stereocenters. The number of sulfone groups is 1. The number of fused-ring (bicyclic) bond motifs is 1. The number of methoxy groups -OCH3 is 1. The minimum atomic E-state index is -3.08. The highest BCUT2D eigenvalue weighted by atomic mass is 32.2. The predicted octanol–water partition coefficient (Wildman–Crippen LogP) is 1.97. The fraction of sp³-hybridized carbons (Fsp3) is 0.214. The standard InChI is InChI=1S/C14H14N2O3S/c1-19-12-3-2-10-4-6-15-14(13(10)8-12)16-11-5-7-20(17,18)9-11/h2-8,11H,9H2,1H3,(H,15,16). The lowest BCUT2D eigenvalue weighted by molar-refractivity contribution is 0.415. The maximum atomic E-state index is 11.4. The third-order valence-electron chi connectivity index (χ3n) is 3.23. The van der Waals surface area contributed by atoms with Crippen LogP contribution in [0.15, 0.2) is 41.9 Å². The number of nitrogens with one attached hydrogen (secondary N) is 1. The molecule has 0 saturated carbocycles. The van der Waals surface area contributed by atoms with E-state index in [1.54, 1.807) is 19.4 Å². The summed E-state index contributed by atoms with van der Waals surface area (Å²) < 4.78 is 28.1. The Kier molecular flexibility index (Phi) is 3.10. The Morgan fingerprint density at radius 2 is 2.20 bits per heavy atom. The molecule has 1 aromatic carbocycles. The van der Waals surface area contributed by atoms with E-state index in [-0.39, 0.29) is 11.8 Å². The van der Waals surface area contributed by atoms with Crippen LogP contribution in [-0.2, 0) is 9.84 Å². The summed E-state index contributed by atoms with van der Waals surface area (Å²) in [7, 11) is -1.47. The Bertz CT molecular complexity index is 784. The van der Waals surface area contributed by atoms with Crippen LogP contribution in [0.3, 0.4) is 0 Å². The van der Waals surface area contributed by atoms with E-state index in [0.717, 1.165) is 16.5 Å². The Hall–Kier alpha value is -2.08. The van der Waals surface area contributed by atoms with Gasteiger partial charge < -0.3 is 10.1 Å². The topological polar surface area (TPSA) is 68.3 Å². The molecule has 0 amide bonds. The van der Waals surface area contributed by atoms with Gasteiger partial charge in [0, 0.05) is 17.0 Å². The molecule has 2 heterocycles. The highest BCUT2D eigenvalue weighted by molar-refractivity contribution is 7.94. The average Bonchev–Trinajstić information content (AvgIpc) is 2.78. The van der Waals surface area contributed by atoms with Gasteiger partial charge in [-0.3, -0.25) is 0 Å². The maximum Gasteiger partial charge on any atom is 0.173 e. The second kappa shape index (κ2) is 4.79. The summed E-state index contributed by atoms with van der Waals surface area (Å²) in [5, 5.41) is 6.33. The van der Waals surface area contributed by atoms with Crippen molar-refractivity contribution in [2.45, 2.75) is 6.04 Å². The van der Waals surface area contributed by atoms with Gasteiger partial charge in [0.15, 0.2) is 9.84 Å². The fourth-order valence-corrected chi connectivity index (χ4v) is 3.47. The van der Waals surface area contributed by atoms with E-state index in [2.05, 4.69) is 10.3 Å². The molecule has 2 aromatic rings. The van der Waals surface area contributed by atoms with E-state index in [4.69, 9.17) is 4.74 Å². The zero-order valence-electron chi connectivity index (χ0n) is 10.9. The number of aromatic nitrogens is 1. The van der Waals surface area contributed by atoms with Gasteiger partial charge in [0.05, 0.1) is 18.9 Å². The summed E-state index contributed by atoms with van der Waals surface area (Å²) in [5.41, 5.74) is 0. The third kappa shape index (κ3) is 2.46. The summed E-state index contributed by atoms with van der Waals surface area (Å²) >= 11 is 0. The predicted molar refractivity (Wildman–Crippen MR) is 78.6 cm³/mol. The molecule has 1 N–H and O–H groups in total. The highest BCUT2D eigenvalue weighted by Gasteiger charge is 2.22. The fourth-order valence-electron chi connectivity index (χ4n) is 2.23. The van der Waals surface area contributed by atoms with Crippen LogP contribution in [0.25, 0.3) is 10.8 Å². The van der Waals surface area contributed by atoms with Gasteiger partial charge >= 0.3 is 0 Å². The zero-order chi connectivity index (χ0) is 14.2. The number of rotatable bonds is 3. The second-order valence-corrected chi connectivity index (χ2v) is 6.59. The number of nitrogens with zero attached hydrogens (tertiary/aromatic N) is 1. The van der Waals surface area contributed by atoms with E-state index in [0.29, 0.717) is 5.82 Å². The molecule has 0 fully saturated rings. The molecule has 6 heteroatoms. The number of ether oxygens (including phenoxy) is 1.